The van der Waals surface area contributed by atoms with E-state index < -0.39 is 0 Å². The number of amides is 1. The van der Waals surface area contributed by atoms with Crippen molar-refractivity contribution in [1.82, 2.24) is 20.1 Å². The number of hydrogen-bond donors (Lipinski definition) is 1. The van der Waals surface area contributed by atoms with Crippen LogP contribution in [0.1, 0.15) is 35.2 Å². The summed E-state index contributed by atoms with van der Waals surface area (Å²) in [6.45, 7) is 5.05. The van der Waals surface area contributed by atoms with Gasteiger partial charge >= 0.3 is 0 Å². The summed E-state index contributed by atoms with van der Waals surface area (Å²) in [5.74, 6) is -0.203. The van der Waals surface area contributed by atoms with Gasteiger partial charge in [-0.3, -0.25) is 4.79 Å². The van der Waals surface area contributed by atoms with E-state index in [1.165, 1.54) is 11.3 Å². The maximum atomic E-state index is 12.8. The lowest BCUT2D eigenvalue weighted by atomic mass is 9.93. The highest BCUT2D eigenvalue weighted by Crippen LogP contribution is 2.38. The van der Waals surface area contributed by atoms with E-state index in [-0.39, 0.29) is 17.9 Å². The van der Waals surface area contributed by atoms with Crippen LogP contribution in [0.2, 0.25) is 0 Å². The number of nitrogens with one attached hydrogen (secondary N) is 1. The number of carbonyl (C=O) groups excluding carboxylic acids is 1. The van der Waals surface area contributed by atoms with E-state index in [0.29, 0.717) is 19.6 Å². The van der Waals surface area contributed by atoms with Crippen LogP contribution in [0.4, 0.5) is 0 Å². The Morgan fingerprint density at radius 1 is 1.33 bits per heavy atom. The third-order valence-corrected chi connectivity index (χ3v) is 5.62. The number of rotatable bonds is 5. The van der Waals surface area contributed by atoms with Crippen molar-refractivity contribution >= 4 is 17.2 Å². The summed E-state index contributed by atoms with van der Waals surface area (Å²) < 4.78 is 7.92. The normalized spacial score (nSPS) is 19.3. The Morgan fingerprint density at radius 2 is 2.15 bits per heavy atom. The topological polar surface area (TPSA) is 69.0 Å². The molecule has 0 radical (unpaired) electrons. The molecule has 0 bridgehead atoms. The summed E-state index contributed by atoms with van der Waals surface area (Å²) in [4.78, 5) is 17.0. The first kappa shape index (κ1) is 17.9. The molecule has 6 nitrogen and oxygen atoms in total. The van der Waals surface area contributed by atoms with Gasteiger partial charge in [0.05, 0.1) is 41.2 Å². The van der Waals surface area contributed by atoms with Crippen LogP contribution < -0.4 is 5.32 Å². The summed E-state index contributed by atoms with van der Waals surface area (Å²) in [6.07, 6.45) is 0.445. The van der Waals surface area contributed by atoms with Gasteiger partial charge < -0.3 is 10.1 Å². The molecule has 27 heavy (non-hydrogen) atoms. The van der Waals surface area contributed by atoms with Crippen LogP contribution in [-0.4, -0.2) is 27.3 Å². The monoisotopic (exact) mass is 382 g/mol. The fourth-order valence-corrected chi connectivity index (χ4v) is 4.22. The third kappa shape index (κ3) is 3.52. The van der Waals surface area contributed by atoms with E-state index >= 15 is 0 Å². The number of carbonyl (C=O) groups is 1. The van der Waals surface area contributed by atoms with Crippen LogP contribution in [0.5, 0.6) is 0 Å². The number of hydrogen-bond acceptors (Lipinski definition) is 5. The van der Waals surface area contributed by atoms with Crippen LogP contribution >= 0.6 is 11.3 Å². The number of benzene rings is 1. The molecule has 0 unspecified atom stereocenters. The molecular formula is C20H22N4O2S. The highest BCUT2D eigenvalue weighted by Gasteiger charge is 2.38. The fourth-order valence-electron chi connectivity index (χ4n) is 3.66. The molecule has 3 heterocycles. The molecule has 3 aromatic rings. The Labute approximate surface area is 162 Å². The number of ether oxygens (including phenoxy) is 1. The van der Waals surface area contributed by atoms with Gasteiger partial charge in [0.25, 0.3) is 0 Å². The van der Waals surface area contributed by atoms with Gasteiger partial charge in [0.2, 0.25) is 5.91 Å². The van der Waals surface area contributed by atoms with Crippen molar-refractivity contribution in [1.29, 1.82) is 0 Å². The van der Waals surface area contributed by atoms with Crippen molar-refractivity contribution in [2.45, 2.75) is 32.9 Å². The maximum Gasteiger partial charge on any atom is 0.226 e. The number of aromatic nitrogens is 3. The average molecular weight is 382 g/mol. The predicted molar refractivity (Wildman–Crippen MR) is 104 cm³/mol. The van der Waals surface area contributed by atoms with Gasteiger partial charge in [-0.1, -0.05) is 18.2 Å². The van der Waals surface area contributed by atoms with E-state index in [4.69, 9.17) is 9.84 Å². The van der Waals surface area contributed by atoms with Gasteiger partial charge in [-0.25, -0.2) is 9.67 Å². The highest BCUT2D eigenvalue weighted by molar-refractivity contribution is 7.07. The first-order chi connectivity index (χ1) is 13.1. The predicted octanol–water partition coefficient (Wildman–Crippen LogP) is 3.34. The summed E-state index contributed by atoms with van der Waals surface area (Å²) >= 11 is 1.53. The largest absolute Gasteiger partial charge is 0.373 e. The Kier molecular flexibility index (Phi) is 5.05. The lowest BCUT2D eigenvalue weighted by Crippen LogP contribution is -2.32. The van der Waals surface area contributed by atoms with E-state index in [2.05, 4.69) is 10.3 Å². The van der Waals surface area contributed by atoms with E-state index in [1.54, 1.807) is 5.51 Å². The number of nitrogens with zero attached hydrogens (tertiary/aromatic N) is 3. The van der Waals surface area contributed by atoms with Gasteiger partial charge in [0, 0.05) is 23.2 Å². The van der Waals surface area contributed by atoms with Gasteiger partial charge in [-0.05, 0) is 32.4 Å². The molecule has 1 N–H and O–H groups in total. The van der Waals surface area contributed by atoms with Crippen molar-refractivity contribution in [3.8, 4) is 5.69 Å². The minimum absolute atomic E-state index is 0.0109. The molecule has 140 valence electrons. The van der Waals surface area contributed by atoms with Crippen LogP contribution in [0.25, 0.3) is 5.69 Å². The highest BCUT2D eigenvalue weighted by atomic mass is 32.1. The second-order valence-electron chi connectivity index (χ2n) is 6.72. The van der Waals surface area contributed by atoms with Gasteiger partial charge in [-0.15, -0.1) is 11.3 Å². The van der Waals surface area contributed by atoms with Gasteiger partial charge in [0.1, 0.15) is 0 Å². The zero-order chi connectivity index (χ0) is 18.8. The quantitative estimate of drug-likeness (QED) is 0.735. The molecule has 1 fully saturated rings. The fraction of sp³-hybridized carbons (Fsp3) is 0.350. The maximum absolute atomic E-state index is 12.8. The summed E-state index contributed by atoms with van der Waals surface area (Å²) in [7, 11) is 0. The van der Waals surface area contributed by atoms with Crippen molar-refractivity contribution < 1.29 is 9.53 Å². The molecule has 1 aliphatic rings. The molecule has 1 aliphatic heterocycles. The van der Waals surface area contributed by atoms with E-state index in [0.717, 1.165) is 28.3 Å². The van der Waals surface area contributed by atoms with E-state index in [9.17, 15) is 4.79 Å². The molecule has 0 spiro atoms. The molecule has 2 aromatic heterocycles. The van der Waals surface area contributed by atoms with Crippen LogP contribution in [0.3, 0.4) is 0 Å². The van der Waals surface area contributed by atoms with Crippen molar-refractivity contribution in [3.63, 3.8) is 0 Å². The minimum Gasteiger partial charge on any atom is -0.373 e. The third-order valence-electron chi connectivity index (χ3n) is 4.99. The Balaban J connectivity index is 1.57. The zero-order valence-corrected chi connectivity index (χ0v) is 16.2. The Hall–Kier alpha value is -2.51. The molecule has 0 aliphatic carbocycles. The molecule has 1 amide bonds. The molecule has 1 aromatic carbocycles. The Morgan fingerprint density at radius 3 is 2.89 bits per heavy atom. The molecule has 1 saturated heterocycles. The lowest BCUT2D eigenvalue weighted by molar-refractivity contribution is -0.127. The van der Waals surface area contributed by atoms with Gasteiger partial charge in [-0.2, -0.15) is 5.10 Å². The van der Waals surface area contributed by atoms with Crippen LogP contribution in [-0.2, 0) is 16.1 Å². The zero-order valence-electron chi connectivity index (χ0n) is 15.4. The minimum atomic E-state index is -0.266. The number of thiazole rings is 1. The smallest absolute Gasteiger partial charge is 0.226 e. The molecule has 7 heteroatoms. The van der Waals surface area contributed by atoms with Crippen molar-refractivity contribution in [2.75, 3.05) is 6.61 Å². The first-order valence-electron chi connectivity index (χ1n) is 9.03. The summed E-state index contributed by atoms with van der Waals surface area (Å²) in [5, 5.41) is 9.65. The molecule has 4 rings (SSSR count). The SMILES string of the molecule is Cc1nn(-c2ccccc2)c(C)c1[C@H]1OCC[C@@H]1C(=O)NCc1cscn1. The van der Waals surface area contributed by atoms with Gasteiger partial charge in [0.15, 0.2) is 0 Å². The molecule has 2 atom stereocenters. The van der Waals surface area contributed by atoms with E-state index in [1.807, 2.05) is 54.2 Å². The van der Waals surface area contributed by atoms with Crippen LogP contribution in [0, 0.1) is 19.8 Å². The Bertz CT molecular complexity index is 921. The summed E-state index contributed by atoms with van der Waals surface area (Å²) in [6, 6.07) is 10.0. The van der Waals surface area contributed by atoms with Crippen molar-refractivity contribution in [3.05, 3.63) is 63.9 Å². The molecule has 0 saturated carbocycles. The average Bonchev–Trinajstić information content (AvgIpc) is 3.41. The van der Waals surface area contributed by atoms with Crippen molar-refractivity contribution in [2.24, 2.45) is 5.92 Å². The number of para-hydroxylation sites is 1. The standard InChI is InChI=1S/C20H22N4O2S/c1-13-18(14(2)24(23-13)16-6-4-3-5-7-16)19-17(8-9-26-19)20(25)21-10-15-11-27-12-22-15/h3-7,11-12,17,19H,8-10H2,1-2H3,(H,21,25)/t17-,19-/m0/s1. The first-order valence-corrected chi connectivity index (χ1v) is 9.97. The molecular weight excluding hydrogens is 360 g/mol. The summed E-state index contributed by atoms with van der Waals surface area (Å²) in [5.41, 5.74) is 6.60. The van der Waals surface area contributed by atoms with Crippen LogP contribution in [0.15, 0.2) is 41.2 Å². The number of aryl methyl sites for hydroxylation is 1. The second-order valence-corrected chi connectivity index (χ2v) is 7.43. The second kappa shape index (κ2) is 7.62. The lowest BCUT2D eigenvalue weighted by Gasteiger charge is -2.19.